The molecular formula is C19H31N5OS. The van der Waals surface area contributed by atoms with E-state index in [2.05, 4.69) is 25.3 Å². The van der Waals surface area contributed by atoms with Crippen LogP contribution >= 0.6 is 11.3 Å². The normalized spacial score (nSPS) is 24.2. The lowest BCUT2D eigenvalue weighted by Gasteiger charge is -2.36. The number of nitrogens with zero attached hydrogens (tertiary/aromatic N) is 4. The molecule has 0 aromatic carbocycles. The molecule has 3 heterocycles. The predicted octanol–water partition coefficient (Wildman–Crippen LogP) is 3.08. The number of nitrogens with one attached hydrogen (secondary N) is 1. The van der Waals surface area contributed by atoms with Gasteiger partial charge in [0, 0.05) is 25.0 Å². The van der Waals surface area contributed by atoms with Crippen LogP contribution in [0, 0.1) is 0 Å². The fourth-order valence-electron chi connectivity index (χ4n) is 4.71. The highest BCUT2D eigenvalue weighted by molar-refractivity contribution is 7.15. The van der Waals surface area contributed by atoms with Crippen LogP contribution in [-0.2, 0) is 4.79 Å². The summed E-state index contributed by atoms with van der Waals surface area (Å²) in [4.78, 5) is 17.3. The molecule has 1 N–H and O–H groups in total. The van der Waals surface area contributed by atoms with Gasteiger partial charge >= 0.3 is 0 Å². The lowest BCUT2D eigenvalue weighted by atomic mass is 9.90. The van der Waals surface area contributed by atoms with E-state index in [4.69, 9.17) is 0 Å². The molecule has 3 fully saturated rings. The second-order valence-corrected chi connectivity index (χ2v) is 9.09. The Morgan fingerprint density at radius 1 is 0.962 bits per heavy atom. The van der Waals surface area contributed by atoms with Crippen molar-refractivity contribution in [1.29, 1.82) is 0 Å². The zero-order chi connectivity index (χ0) is 17.8. The minimum absolute atomic E-state index is 0.0518. The van der Waals surface area contributed by atoms with Crippen molar-refractivity contribution in [2.45, 2.75) is 69.7 Å². The Morgan fingerprint density at radius 2 is 1.69 bits per heavy atom. The van der Waals surface area contributed by atoms with Gasteiger partial charge in [-0.15, -0.1) is 10.2 Å². The number of amides is 1. The lowest BCUT2D eigenvalue weighted by molar-refractivity contribution is -0.117. The zero-order valence-corrected chi connectivity index (χ0v) is 16.5. The number of aromatic nitrogens is 2. The molecule has 1 aromatic rings. The van der Waals surface area contributed by atoms with Crippen LogP contribution in [0.1, 0.15) is 68.7 Å². The first-order valence-corrected chi connectivity index (χ1v) is 11.2. The maximum absolute atomic E-state index is 12.4. The Bertz CT molecular complexity index is 587. The number of piperidine rings is 1. The van der Waals surface area contributed by atoms with Crippen LogP contribution < -0.4 is 5.32 Å². The van der Waals surface area contributed by atoms with Gasteiger partial charge in [-0.2, -0.15) is 0 Å². The number of carbonyl (C=O) groups is 1. The van der Waals surface area contributed by atoms with E-state index in [1.54, 1.807) is 11.3 Å². The topological polar surface area (TPSA) is 61.4 Å². The van der Waals surface area contributed by atoms with Crippen LogP contribution in [0.15, 0.2) is 0 Å². The van der Waals surface area contributed by atoms with Crippen LogP contribution in [0.2, 0.25) is 0 Å². The third kappa shape index (κ3) is 4.61. The average Bonchev–Trinajstić information content (AvgIpc) is 3.35. The van der Waals surface area contributed by atoms with Gasteiger partial charge in [0.25, 0.3) is 0 Å². The summed E-state index contributed by atoms with van der Waals surface area (Å²) in [5.41, 5.74) is 0. The Kier molecular flexibility index (Phi) is 6.17. The molecule has 0 spiro atoms. The van der Waals surface area contributed by atoms with Crippen molar-refractivity contribution >= 4 is 22.4 Å². The largest absolute Gasteiger partial charge is 0.300 e. The van der Waals surface area contributed by atoms with E-state index in [0.717, 1.165) is 24.1 Å². The van der Waals surface area contributed by atoms with E-state index < -0.39 is 0 Å². The van der Waals surface area contributed by atoms with Crippen molar-refractivity contribution in [3.63, 3.8) is 0 Å². The van der Waals surface area contributed by atoms with Crippen molar-refractivity contribution in [3.8, 4) is 0 Å². The average molecular weight is 378 g/mol. The van der Waals surface area contributed by atoms with Gasteiger partial charge in [-0.3, -0.25) is 15.0 Å². The molecule has 7 heteroatoms. The van der Waals surface area contributed by atoms with E-state index in [1.807, 2.05) is 0 Å². The summed E-state index contributed by atoms with van der Waals surface area (Å²) in [5, 5.41) is 13.3. The second kappa shape index (κ2) is 8.76. The second-order valence-electron chi connectivity index (χ2n) is 8.08. The quantitative estimate of drug-likeness (QED) is 0.854. The van der Waals surface area contributed by atoms with Gasteiger partial charge in [-0.1, -0.05) is 30.6 Å². The number of carbonyl (C=O) groups excluding carboxylic acids is 1. The van der Waals surface area contributed by atoms with Gasteiger partial charge < -0.3 is 4.90 Å². The number of hydrogen-bond donors (Lipinski definition) is 1. The van der Waals surface area contributed by atoms with Gasteiger partial charge in [-0.05, 0) is 51.6 Å². The smallest absolute Gasteiger partial charge is 0.240 e. The summed E-state index contributed by atoms with van der Waals surface area (Å²) < 4.78 is 0. The monoisotopic (exact) mass is 377 g/mol. The third-order valence-corrected chi connectivity index (χ3v) is 7.22. The summed E-state index contributed by atoms with van der Waals surface area (Å²) in [6, 6.07) is 0.734. The minimum Gasteiger partial charge on any atom is -0.300 e. The van der Waals surface area contributed by atoms with Crippen molar-refractivity contribution in [2.24, 2.45) is 0 Å². The van der Waals surface area contributed by atoms with E-state index in [1.165, 1.54) is 70.9 Å². The third-order valence-electron chi connectivity index (χ3n) is 6.22. The lowest BCUT2D eigenvalue weighted by Crippen LogP contribution is -2.45. The first-order chi connectivity index (χ1) is 12.8. The van der Waals surface area contributed by atoms with Crippen LogP contribution in [0.25, 0.3) is 0 Å². The molecule has 0 radical (unpaired) electrons. The van der Waals surface area contributed by atoms with Crippen LogP contribution in [0.4, 0.5) is 5.13 Å². The summed E-state index contributed by atoms with van der Waals surface area (Å²) in [6.07, 6.45) is 11.4. The predicted molar refractivity (Wildman–Crippen MR) is 105 cm³/mol. The Labute approximate surface area is 160 Å². The van der Waals surface area contributed by atoms with Gasteiger partial charge in [0.15, 0.2) is 0 Å². The van der Waals surface area contributed by atoms with E-state index in [-0.39, 0.29) is 5.91 Å². The molecule has 1 saturated carbocycles. The molecule has 144 valence electrons. The van der Waals surface area contributed by atoms with Crippen LogP contribution in [0.3, 0.4) is 0 Å². The zero-order valence-electron chi connectivity index (χ0n) is 15.7. The van der Waals surface area contributed by atoms with Crippen molar-refractivity contribution in [3.05, 3.63) is 5.01 Å². The van der Waals surface area contributed by atoms with Gasteiger partial charge in [0.1, 0.15) is 5.01 Å². The molecule has 1 amide bonds. The summed E-state index contributed by atoms with van der Waals surface area (Å²) in [6.45, 7) is 5.07. The van der Waals surface area contributed by atoms with Crippen LogP contribution in [0.5, 0.6) is 0 Å². The van der Waals surface area contributed by atoms with Gasteiger partial charge in [0.2, 0.25) is 11.0 Å². The van der Waals surface area contributed by atoms with Crippen molar-refractivity contribution in [1.82, 2.24) is 20.0 Å². The van der Waals surface area contributed by atoms with E-state index >= 15 is 0 Å². The number of rotatable bonds is 5. The summed E-state index contributed by atoms with van der Waals surface area (Å²) >= 11 is 1.57. The number of likely N-dealkylation sites (tertiary alicyclic amines) is 2. The molecule has 1 aliphatic carbocycles. The highest BCUT2D eigenvalue weighted by Gasteiger charge is 2.27. The SMILES string of the molecule is O=C(CN1CCC(N2CCCC2)CC1)Nc1nnc(C2CCCCC2)s1. The number of hydrogen-bond acceptors (Lipinski definition) is 6. The molecule has 0 unspecified atom stereocenters. The standard InChI is InChI=1S/C19H31N5OS/c25-17(14-23-12-8-16(9-13-23)24-10-4-5-11-24)20-19-22-21-18(26-19)15-6-2-1-3-7-15/h15-16H,1-14H2,(H,20,22,25). The first kappa shape index (κ1) is 18.3. The molecule has 26 heavy (non-hydrogen) atoms. The first-order valence-electron chi connectivity index (χ1n) is 10.4. The molecule has 1 aromatic heterocycles. The Hall–Kier alpha value is -1.05. The highest BCUT2D eigenvalue weighted by Crippen LogP contribution is 2.35. The fourth-order valence-corrected chi connectivity index (χ4v) is 5.64. The summed E-state index contributed by atoms with van der Waals surface area (Å²) in [5.74, 6) is 0.604. The molecular weight excluding hydrogens is 346 g/mol. The maximum Gasteiger partial charge on any atom is 0.240 e. The molecule has 0 bridgehead atoms. The molecule has 4 rings (SSSR count). The molecule has 3 aliphatic rings. The summed E-state index contributed by atoms with van der Waals surface area (Å²) in [7, 11) is 0. The van der Waals surface area contributed by atoms with Crippen molar-refractivity contribution in [2.75, 3.05) is 38.0 Å². The van der Waals surface area contributed by atoms with E-state index in [0.29, 0.717) is 17.6 Å². The highest BCUT2D eigenvalue weighted by atomic mass is 32.1. The Morgan fingerprint density at radius 3 is 2.42 bits per heavy atom. The molecule has 6 nitrogen and oxygen atoms in total. The van der Waals surface area contributed by atoms with Gasteiger partial charge in [0.05, 0.1) is 6.54 Å². The van der Waals surface area contributed by atoms with E-state index in [9.17, 15) is 4.79 Å². The fraction of sp³-hybridized carbons (Fsp3) is 0.842. The molecule has 2 aliphatic heterocycles. The number of anilines is 1. The Balaban J connectivity index is 1.21. The maximum atomic E-state index is 12.4. The van der Waals surface area contributed by atoms with Crippen molar-refractivity contribution < 1.29 is 4.79 Å². The minimum atomic E-state index is 0.0518. The molecule has 0 atom stereocenters. The van der Waals surface area contributed by atoms with Crippen LogP contribution in [-0.4, -0.2) is 64.7 Å². The van der Waals surface area contributed by atoms with Gasteiger partial charge in [-0.25, -0.2) is 0 Å². The molecule has 2 saturated heterocycles.